The van der Waals surface area contributed by atoms with E-state index in [9.17, 15) is 0 Å². The summed E-state index contributed by atoms with van der Waals surface area (Å²) in [6.45, 7) is 4.48. The largest absolute Gasteiger partial charge is 0.222 e. The van der Waals surface area contributed by atoms with Gasteiger partial charge in [0.15, 0.2) is 14.7 Å². The Morgan fingerprint density at radius 2 is 0.926 bits per heavy atom. The topological polar surface area (TPSA) is 92.2 Å². The maximum absolute atomic E-state index is 8.49. The Labute approximate surface area is 164 Å². The van der Waals surface area contributed by atoms with Crippen molar-refractivity contribution < 1.29 is 28.9 Å². The van der Waals surface area contributed by atoms with Crippen LogP contribution in [-0.4, -0.2) is 0 Å². The summed E-state index contributed by atoms with van der Waals surface area (Å²) in [5, 5.41) is 0. The third kappa shape index (κ3) is 7.34. The molecule has 0 aliphatic carbocycles. The monoisotopic (exact) mass is 404 g/mol. The van der Waals surface area contributed by atoms with E-state index in [0.717, 1.165) is 0 Å². The molecule has 0 saturated carbocycles. The third-order valence-electron chi connectivity index (χ3n) is 3.74. The lowest BCUT2D eigenvalue weighted by Crippen LogP contribution is -2.68. The Morgan fingerprint density at radius 1 is 0.593 bits per heavy atom. The molecule has 0 saturated heterocycles. The summed E-state index contributed by atoms with van der Waals surface area (Å²) >= 11 is 0. The SMILES string of the molecule is CC(C)c1ccc([S+](c2ccccc2)c2ccccc2)cc1.[O-][Cl+3]([O-])([O-])[O-]. The zero-order valence-electron chi connectivity index (χ0n) is 15.1. The molecule has 0 N–H and O–H groups in total. The van der Waals surface area contributed by atoms with E-state index in [1.807, 2.05) is 0 Å². The zero-order valence-corrected chi connectivity index (χ0v) is 16.7. The van der Waals surface area contributed by atoms with Crippen LogP contribution in [0.5, 0.6) is 0 Å². The maximum atomic E-state index is 8.49. The van der Waals surface area contributed by atoms with Crippen LogP contribution in [0.25, 0.3) is 0 Å². The molecule has 0 amide bonds. The molecule has 0 aromatic heterocycles. The summed E-state index contributed by atoms with van der Waals surface area (Å²) in [5.41, 5.74) is 1.40. The molecule has 3 aromatic carbocycles. The van der Waals surface area contributed by atoms with Crippen molar-refractivity contribution in [2.75, 3.05) is 0 Å². The highest BCUT2D eigenvalue weighted by atomic mass is 35.7. The highest BCUT2D eigenvalue weighted by Crippen LogP contribution is 2.31. The van der Waals surface area contributed by atoms with Gasteiger partial charge in [-0.15, -0.1) is 10.2 Å². The lowest BCUT2D eigenvalue weighted by Gasteiger charge is -2.17. The Morgan fingerprint density at radius 3 is 1.26 bits per heavy atom. The zero-order chi connectivity index (χ0) is 19.9. The van der Waals surface area contributed by atoms with Crippen molar-refractivity contribution in [3.8, 4) is 0 Å². The molecule has 0 atom stereocenters. The van der Waals surface area contributed by atoms with E-state index < -0.39 is 10.2 Å². The normalized spacial score (nSPS) is 11.3. The summed E-state index contributed by atoms with van der Waals surface area (Å²) < 4.78 is 34.0. The number of rotatable bonds is 4. The summed E-state index contributed by atoms with van der Waals surface area (Å²) in [4.78, 5) is 4.11. The molecule has 0 unspecified atom stereocenters. The fourth-order valence-corrected chi connectivity index (χ4v) is 4.59. The van der Waals surface area contributed by atoms with Gasteiger partial charge in [-0.3, -0.25) is 0 Å². The van der Waals surface area contributed by atoms with Crippen LogP contribution in [0, 0.1) is 10.2 Å². The maximum Gasteiger partial charge on any atom is 0.166 e. The van der Waals surface area contributed by atoms with E-state index in [0.29, 0.717) is 5.92 Å². The molecule has 27 heavy (non-hydrogen) atoms. The summed E-state index contributed by atoms with van der Waals surface area (Å²) in [6.07, 6.45) is 0. The van der Waals surface area contributed by atoms with E-state index in [2.05, 4.69) is 98.8 Å². The second-order valence-corrected chi connectivity index (χ2v) is 8.82. The molecular formula is C21H21ClO4S. The van der Waals surface area contributed by atoms with Crippen molar-refractivity contribution in [1.82, 2.24) is 0 Å². The molecule has 0 heterocycles. The Kier molecular flexibility index (Phi) is 7.86. The third-order valence-corrected chi connectivity index (χ3v) is 5.97. The molecule has 0 fully saturated rings. The van der Waals surface area contributed by atoms with Gasteiger partial charge in [0.1, 0.15) is 0 Å². The van der Waals surface area contributed by atoms with E-state index in [1.165, 1.54) is 20.2 Å². The smallest absolute Gasteiger partial charge is 0.166 e. The first-order valence-electron chi connectivity index (χ1n) is 8.32. The quantitative estimate of drug-likeness (QED) is 0.610. The second kappa shape index (κ2) is 9.90. The van der Waals surface area contributed by atoms with Crippen molar-refractivity contribution in [2.45, 2.75) is 34.5 Å². The predicted octanol–water partition coefficient (Wildman–Crippen LogP) is 1.15. The molecule has 142 valence electrons. The first kappa shape index (κ1) is 21.4. The van der Waals surface area contributed by atoms with Crippen molar-refractivity contribution in [3.63, 3.8) is 0 Å². The number of benzene rings is 3. The molecule has 3 rings (SSSR count). The van der Waals surface area contributed by atoms with Crippen molar-refractivity contribution in [2.24, 2.45) is 0 Å². The van der Waals surface area contributed by atoms with Gasteiger partial charge < -0.3 is 0 Å². The van der Waals surface area contributed by atoms with E-state index in [-0.39, 0.29) is 10.9 Å². The van der Waals surface area contributed by atoms with Crippen molar-refractivity contribution in [3.05, 3.63) is 90.5 Å². The Bertz CT molecular complexity index is 758. The molecule has 0 aliphatic heterocycles. The Hall–Kier alpha value is -1.86. The first-order chi connectivity index (χ1) is 12.8. The Balaban J connectivity index is 0.000000465. The lowest BCUT2D eigenvalue weighted by molar-refractivity contribution is -2.00. The fraction of sp³-hybridized carbons (Fsp3) is 0.143. The minimum absolute atomic E-state index is 0.0361. The number of halogens is 1. The average molecular weight is 405 g/mol. The van der Waals surface area contributed by atoms with Gasteiger partial charge in [-0.2, -0.15) is 0 Å². The van der Waals surface area contributed by atoms with Gasteiger partial charge in [-0.25, -0.2) is 18.6 Å². The van der Waals surface area contributed by atoms with Crippen LogP contribution in [0.2, 0.25) is 0 Å². The van der Waals surface area contributed by atoms with E-state index in [4.69, 9.17) is 18.6 Å². The fourth-order valence-electron chi connectivity index (χ4n) is 2.51. The first-order valence-corrected chi connectivity index (χ1v) is 10.8. The van der Waals surface area contributed by atoms with Gasteiger partial charge in [0.05, 0.1) is 10.9 Å². The van der Waals surface area contributed by atoms with Gasteiger partial charge in [0, 0.05) is 0 Å². The van der Waals surface area contributed by atoms with Gasteiger partial charge in [-0.1, -0.05) is 62.4 Å². The van der Waals surface area contributed by atoms with Crippen LogP contribution in [0.15, 0.2) is 99.6 Å². The summed E-state index contributed by atoms with van der Waals surface area (Å²) in [5.74, 6) is 0.573. The minimum Gasteiger partial charge on any atom is -0.222 e. The van der Waals surface area contributed by atoms with Crippen LogP contribution < -0.4 is 18.6 Å². The van der Waals surface area contributed by atoms with Gasteiger partial charge >= 0.3 is 0 Å². The molecule has 0 bridgehead atoms. The summed E-state index contributed by atoms with van der Waals surface area (Å²) in [7, 11) is -4.98. The predicted molar refractivity (Wildman–Crippen MR) is 95.6 cm³/mol. The van der Waals surface area contributed by atoms with Gasteiger partial charge in [0.25, 0.3) is 0 Å². The van der Waals surface area contributed by atoms with Crippen LogP contribution >= 0.6 is 0 Å². The van der Waals surface area contributed by atoms with E-state index in [1.54, 1.807) is 0 Å². The summed E-state index contributed by atoms with van der Waals surface area (Å²) in [6, 6.07) is 30.7. The molecule has 3 aromatic rings. The molecule has 6 heteroatoms. The number of hydrogen-bond donors (Lipinski definition) is 0. The molecule has 0 radical (unpaired) electrons. The van der Waals surface area contributed by atoms with Crippen LogP contribution in [-0.2, 0) is 10.9 Å². The van der Waals surface area contributed by atoms with Gasteiger partial charge in [-0.05, 0) is 47.9 Å². The lowest BCUT2D eigenvalue weighted by atomic mass is 10.0. The highest BCUT2D eigenvalue weighted by molar-refractivity contribution is 7.97. The van der Waals surface area contributed by atoms with Crippen LogP contribution in [0.3, 0.4) is 0 Å². The standard InChI is InChI=1S/C21H21S.ClHO4/c1-17(2)18-13-15-21(16-14-18)22(19-9-5-3-6-10-19)20-11-7-4-8-12-20;2-1(3,4)5/h3-17H,1-2H3;(H,2,3,4,5)/q+1;/p-1. The van der Waals surface area contributed by atoms with Crippen LogP contribution in [0.1, 0.15) is 25.3 Å². The molecule has 0 aliphatic rings. The van der Waals surface area contributed by atoms with Crippen molar-refractivity contribution in [1.29, 1.82) is 0 Å². The second-order valence-electron chi connectivity index (χ2n) is 6.03. The molecular weight excluding hydrogens is 384 g/mol. The number of hydrogen-bond acceptors (Lipinski definition) is 4. The average Bonchev–Trinajstić information content (AvgIpc) is 2.63. The van der Waals surface area contributed by atoms with Crippen molar-refractivity contribution >= 4 is 10.9 Å². The van der Waals surface area contributed by atoms with Gasteiger partial charge in [0.2, 0.25) is 0 Å². The molecule has 4 nitrogen and oxygen atoms in total. The van der Waals surface area contributed by atoms with E-state index >= 15 is 0 Å². The minimum atomic E-state index is -4.94. The van der Waals surface area contributed by atoms with Crippen LogP contribution in [0.4, 0.5) is 0 Å². The highest BCUT2D eigenvalue weighted by Gasteiger charge is 2.28. The molecule has 0 spiro atoms.